The number of thiophene rings is 1. The molecule has 0 radical (unpaired) electrons. The summed E-state index contributed by atoms with van der Waals surface area (Å²) in [5.41, 5.74) is 1.97. The summed E-state index contributed by atoms with van der Waals surface area (Å²) in [4.78, 5) is 15.3. The molecule has 0 aliphatic carbocycles. The standard InChI is InChI=1S/C25H35NO3S/c1-19(2)25(12-14-29-24(3,4)18-25)11-13-26(23(27)21-10-15-30-17-21)16-20-6-8-22(28-5)9-7-20/h6-10,15,17,19H,11-14,16,18H2,1-5H3. The largest absolute Gasteiger partial charge is 0.497 e. The Balaban J connectivity index is 1.79. The van der Waals surface area contributed by atoms with Crippen LogP contribution in [0.3, 0.4) is 0 Å². The summed E-state index contributed by atoms with van der Waals surface area (Å²) >= 11 is 1.57. The van der Waals surface area contributed by atoms with Gasteiger partial charge in [-0.15, -0.1) is 0 Å². The van der Waals surface area contributed by atoms with Crippen LogP contribution in [0, 0.1) is 11.3 Å². The number of rotatable bonds is 8. The van der Waals surface area contributed by atoms with Gasteiger partial charge in [-0.25, -0.2) is 0 Å². The summed E-state index contributed by atoms with van der Waals surface area (Å²) < 4.78 is 11.3. The Morgan fingerprint density at radius 2 is 1.97 bits per heavy atom. The predicted octanol–water partition coefficient (Wildman–Crippen LogP) is 6.02. The Morgan fingerprint density at radius 1 is 1.23 bits per heavy atom. The van der Waals surface area contributed by atoms with Crippen molar-refractivity contribution in [1.29, 1.82) is 0 Å². The van der Waals surface area contributed by atoms with Gasteiger partial charge >= 0.3 is 0 Å². The van der Waals surface area contributed by atoms with E-state index in [0.717, 1.165) is 49.3 Å². The van der Waals surface area contributed by atoms with E-state index < -0.39 is 0 Å². The summed E-state index contributed by atoms with van der Waals surface area (Å²) in [6.45, 7) is 11.2. The second-order valence-electron chi connectivity index (χ2n) is 9.39. The molecule has 1 saturated heterocycles. The van der Waals surface area contributed by atoms with Crippen LogP contribution in [0.5, 0.6) is 5.75 Å². The molecule has 1 aromatic heterocycles. The van der Waals surface area contributed by atoms with Crippen molar-refractivity contribution < 1.29 is 14.3 Å². The summed E-state index contributed by atoms with van der Waals surface area (Å²) in [6.07, 6.45) is 3.07. The molecule has 1 fully saturated rings. The third-order valence-electron chi connectivity index (χ3n) is 6.56. The van der Waals surface area contributed by atoms with Gasteiger partial charge < -0.3 is 14.4 Å². The fraction of sp³-hybridized carbons (Fsp3) is 0.560. The number of hydrogen-bond donors (Lipinski definition) is 0. The number of ether oxygens (including phenoxy) is 2. The van der Waals surface area contributed by atoms with E-state index >= 15 is 0 Å². The van der Waals surface area contributed by atoms with Crippen LogP contribution in [-0.2, 0) is 11.3 Å². The number of nitrogens with zero attached hydrogens (tertiary/aromatic N) is 1. The highest BCUT2D eigenvalue weighted by Crippen LogP contribution is 2.47. The zero-order valence-electron chi connectivity index (χ0n) is 18.9. The highest BCUT2D eigenvalue weighted by atomic mass is 32.1. The van der Waals surface area contributed by atoms with Crippen LogP contribution in [0.4, 0.5) is 0 Å². The molecule has 0 spiro atoms. The lowest BCUT2D eigenvalue weighted by Crippen LogP contribution is -2.46. The molecule has 1 aliphatic rings. The fourth-order valence-electron chi connectivity index (χ4n) is 4.64. The molecule has 0 bridgehead atoms. The minimum atomic E-state index is -0.110. The van der Waals surface area contributed by atoms with Gasteiger partial charge in [-0.05, 0) is 73.6 Å². The lowest BCUT2D eigenvalue weighted by atomic mass is 9.65. The average Bonchev–Trinajstić information content (AvgIpc) is 3.25. The quantitative estimate of drug-likeness (QED) is 0.515. The van der Waals surface area contributed by atoms with Gasteiger partial charge in [0.05, 0.1) is 18.3 Å². The molecule has 30 heavy (non-hydrogen) atoms. The molecule has 2 heterocycles. The number of hydrogen-bond acceptors (Lipinski definition) is 4. The smallest absolute Gasteiger partial charge is 0.254 e. The van der Waals surface area contributed by atoms with E-state index in [1.165, 1.54) is 0 Å². The monoisotopic (exact) mass is 429 g/mol. The second-order valence-corrected chi connectivity index (χ2v) is 10.2. The summed E-state index contributed by atoms with van der Waals surface area (Å²) in [5, 5.41) is 3.91. The van der Waals surface area contributed by atoms with Gasteiger partial charge in [0.25, 0.3) is 5.91 Å². The van der Waals surface area contributed by atoms with Crippen molar-refractivity contribution in [3.8, 4) is 5.75 Å². The SMILES string of the molecule is COc1ccc(CN(CCC2(C(C)C)CCOC(C)(C)C2)C(=O)c2ccsc2)cc1. The first-order chi connectivity index (χ1) is 14.2. The van der Waals surface area contributed by atoms with Gasteiger partial charge in [0, 0.05) is 25.1 Å². The zero-order valence-corrected chi connectivity index (χ0v) is 19.8. The Kier molecular flexibility index (Phi) is 7.25. The number of carbonyl (C=O) groups excluding carboxylic acids is 1. The minimum Gasteiger partial charge on any atom is -0.497 e. The highest BCUT2D eigenvalue weighted by molar-refractivity contribution is 7.08. The molecule has 1 atom stereocenters. The van der Waals surface area contributed by atoms with Gasteiger partial charge in [-0.1, -0.05) is 26.0 Å². The van der Waals surface area contributed by atoms with Gasteiger partial charge in [0.15, 0.2) is 0 Å². The maximum atomic E-state index is 13.3. The van der Waals surface area contributed by atoms with Crippen molar-refractivity contribution in [2.45, 2.75) is 59.1 Å². The molecule has 0 N–H and O–H groups in total. The van der Waals surface area contributed by atoms with E-state index in [-0.39, 0.29) is 16.9 Å². The first kappa shape index (κ1) is 22.8. The third kappa shape index (κ3) is 5.44. The van der Waals surface area contributed by atoms with Crippen LogP contribution in [-0.4, -0.2) is 36.7 Å². The summed E-state index contributed by atoms with van der Waals surface area (Å²) in [5.74, 6) is 1.48. The molecule has 1 unspecified atom stereocenters. The normalized spacial score (nSPS) is 20.9. The average molecular weight is 430 g/mol. The predicted molar refractivity (Wildman–Crippen MR) is 123 cm³/mol. The maximum absolute atomic E-state index is 13.3. The third-order valence-corrected chi connectivity index (χ3v) is 7.25. The van der Waals surface area contributed by atoms with Crippen molar-refractivity contribution >= 4 is 17.2 Å². The molecule has 1 amide bonds. The Bertz CT molecular complexity index is 813. The Labute approximate surface area is 185 Å². The van der Waals surface area contributed by atoms with Crippen molar-refractivity contribution in [2.24, 2.45) is 11.3 Å². The Hall–Kier alpha value is -1.85. The topological polar surface area (TPSA) is 38.8 Å². The molecule has 2 aromatic rings. The number of amides is 1. The molecule has 1 aliphatic heterocycles. The van der Waals surface area contributed by atoms with E-state index in [0.29, 0.717) is 12.5 Å². The van der Waals surface area contributed by atoms with Crippen LogP contribution in [0.1, 0.15) is 62.9 Å². The molecular formula is C25H35NO3S. The lowest BCUT2D eigenvalue weighted by Gasteiger charge is -2.48. The molecule has 4 nitrogen and oxygen atoms in total. The van der Waals surface area contributed by atoms with E-state index in [9.17, 15) is 4.79 Å². The van der Waals surface area contributed by atoms with Crippen LogP contribution in [0.25, 0.3) is 0 Å². The van der Waals surface area contributed by atoms with Crippen molar-refractivity contribution in [3.63, 3.8) is 0 Å². The molecule has 164 valence electrons. The van der Waals surface area contributed by atoms with Crippen molar-refractivity contribution in [3.05, 3.63) is 52.2 Å². The van der Waals surface area contributed by atoms with E-state index in [4.69, 9.17) is 9.47 Å². The first-order valence-corrected chi connectivity index (χ1v) is 11.8. The van der Waals surface area contributed by atoms with E-state index in [1.807, 2.05) is 46.0 Å². The molecular weight excluding hydrogens is 394 g/mol. The van der Waals surface area contributed by atoms with Crippen LogP contribution in [0.2, 0.25) is 0 Å². The molecule has 3 rings (SSSR count). The lowest BCUT2D eigenvalue weighted by molar-refractivity contribution is -0.122. The van der Waals surface area contributed by atoms with Crippen LogP contribution >= 0.6 is 11.3 Å². The Morgan fingerprint density at radius 3 is 2.53 bits per heavy atom. The molecule has 5 heteroatoms. The van der Waals surface area contributed by atoms with Gasteiger partial charge in [-0.3, -0.25) is 4.79 Å². The van der Waals surface area contributed by atoms with E-state index in [1.54, 1.807) is 18.4 Å². The highest BCUT2D eigenvalue weighted by Gasteiger charge is 2.43. The fourth-order valence-corrected chi connectivity index (χ4v) is 5.27. The van der Waals surface area contributed by atoms with Gasteiger partial charge in [0.2, 0.25) is 0 Å². The van der Waals surface area contributed by atoms with Crippen molar-refractivity contribution in [1.82, 2.24) is 4.90 Å². The number of carbonyl (C=O) groups is 1. The summed E-state index contributed by atoms with van der Waals surface area (Å²) in [7, 11) is 1.67. The number of methoxy groups -OCH3 is 1. The van der Waals surface area contributed by atoms with E-state index in [2.05, 4.69) is 27.7 Å². The van der Waals surface area contributed by atoms with Gasteiger partial charge in [0.1, 0.15) is 5.75 Å². The number of benzene rings is 1. The van der Waals surface area contributed by atoms with Crippen LogP contribution in [0.15, 0.2) is 41.1 Å². The zero-order chi connectivity index (χ0) is 21.8. The van der Waals surface area contributed by atoms with Gasteiger partial charge in [-0.2, -0.15) is 11.3 Å². The van der Waals surface area contributed by atoms with Crippen molar-refractivity contribution in [2.75, 3.05) is 20.3 Å². The minimum absolute atomic E-state index is 0.109. The summed E-state index contributed by atoms with van der Waals surface area (Å²) in [6, 6.07) is 9.92. The first-order valence-electron chi connectivity index (χ1n) is 10.8. The maximum Gasteiger partial charge on any atom is 0.254 e. The second kappa shape index (κ2) is 9.52. The molecule has 1 aromatic carbocycles. The van der Waals surface area contributed by atoms with Crippen LogP contribution < -0.4 is 4.74 Å². The molecule has 0 saturated carbocycles.